The number of rotatable bonds is 12. The normalized spacial score (nSPS) is 15.1. The molecule has 0 bridgehead atoms. The van der Waals surface area contributed by atoms with Crippen LogP contribution in [0.5, 0.6) is 5.75 Å². The van der Waals surface area contributed by atoms with Crippen molar-refractivity contribution in [3.05, 3.63) is 61.0 Å². The van der Waals surface area contributed by atoms with Gasteiger partial charge < -0.3 is 25.8 Å². The van der Waals surface area contributed by atoms with Crippen molar-refractivity contribution < 1.29 is 28.7 Å². The van der Waals surface area contributed by atoms with E-state index in [9.17, 15) is 19.2 Å². The molecule has 1 aliphatic rings. The van der Waals surface area contributed by atoms with E-state index in [1.165, 1.54) is 0 Å². The minimum atomic E-state index is -1.30. The van der Waals surface area contributed by atoms with E-state index < -0.39 is 42.5 Å². The Hall–Kier alpha value is -2.31. The number of nitrogens with two attached hydrogens (primary N) is 1. The van der Waals surface area contributed by atoms with E-state index in [2.05, 4.69) is 10.6 Å². The third-order valence-electron chi connectivity index (χ3n) is 6.34. The van der Waals surface area contributed by atoms with Crippen LogP contribution in [0.25, 0.3) is 0 Å². The summed E-state index contributed by atoms with van der Waals surface area (Å²) in [5.41, 5.74) is 6.33. The maximum Gasteiger partial charge on any atom is 0.417 e. The lowest BCUT2D eigenvalue weighted by atomic mass is 10.1. The van der Waals surface area contributed by atoms with Crippen molar-refractivity contribution in [3.63, 3.8) is 0 Å². The monoisotopic (exact) mass is 680 g/mol. The molecule has 0 radical (unpaired) electrons. The maximum atomic E-state index is 13.5. The van der Waals surface area contributed by atoms with E-state index in [1.807, 2.05) is 6.07 Å². The van der Waals surface area contributed by atoms with Crippen LogP contribution < -0.4 is 21.1 Å². The first-order chi connectivity index (χ1) is 20.1. The Kier molecular flexibility index (Phi) is 13.4. The van der Waals surface area contributed by atoms with Gasteiger partial charge in [-0.1, -0.05) is 88.3 Å². The molecule has 3 amide bonds. The molecule has 228 valence electrons. The lowest BCUT2D eigenvalue weighted by Crippen LogP contribution is -2.57. The topological polar surface area (TPSA) is 140 Å². The van der Waals surface area contributed by atoms with Gasteiger partial charge in [0, 0.05) is 0 Å². The van der Waals surface area contributed by atoms with Gasteiger partial charge in [0.15, 0.2) is 5.75 Å². The summed E-state index contributed by atoms with van der Waals surface area (Å²) in [6, 6.07) is 6.92. The first-order valence-electron chi connectivity index (χ1n) is 13.0. The Morgan fingerprint density at radius 2 is 1.62 bits per heavy atom. The molecule has 0 aromatic heterocycles. The predicted octanol–water partition coefficient (Wildman–Crippen LogP) is 5.39. The maximum absolute atomic E-state index is 13.5. The molecule has 1 fully saturated rings. The molecule has 0 saturated carbocycles. The molecule has 0 aliphatic carbocycles. The highest BCUT2D eigenvalue weighted by Gasteiger charge is 2.40. The van der Waals surface area contributed by atoms with Crippen LogP contribution in [0.1, 0.15) is 37.7 Å². The number of hydrogen-bond donors (Lipinski definition) is 3. The van der Waals surface area contributed by atoms with Gasteiger partial charge in [-0.15, -0.1) is 0 Å². The Bertz CT molecular complexity index is 1260. The summed E-state index contributed by atoms with van der Waals surface area (Å²) in [6.07, 6.45) is 1.25. The molecule has 1 heterocycles. The van der Waals surface area contributed by atoms with E-state index >= 15 is 0 Å². The smallest absolute Gasteiger partial charge is 0.417 e. The van der Waals surface area contributed by atoms with E-state index in [0.29, 0.717) is 37.9 Å². The molecule has 1 saturated heterocycles. The van der Waals surface area contributed by atoms with Crippen LogP contribution in [0, 0.1) is 0 Å². The largest absolute Gasteiger partial charge is 0.444 e. The molecular weight excluding hydrogens is 654 g/mol. The third-order valence-corrected chi connectivity index (χ3v) is 8.58. The summed E-state index contributed by atoms with van der Waals surface area (Å²) in [6.45, 7) is 0.145. The number of ether oxygens (including phenoxy) is 2. The Labute approximate surface area is 268 Å². The number of benzene rings is 2. The van der Waals surface area contributed by atoms with Crippen LogP contribution in [0.3, 0.4) is 0 Å². The molecule has 4 N–H and O–H groups in total. The van der Waals surface area contributed by atoms with Crippen LogP contribution in [-0.4, -0.2) is 60.5 Å². The summed E-state index contributed by atoms with van der Waals surface area (Å²) < 4.78 is 10.7. The van der Waals surface area contributed by atoms with Crippen molar-refractivity contribution >= 4 is 81.9 Å². The molecule has 3 rings (SSSR count). The van der Waals surface area contributed by atoms with Gasteiger partial charge >= 0.3 is 12.1 Å². The first-order valence-corrected chi connectivity index (χ1v) is 14.9. The van der Waals surface area contributed by atoms with Crippen molar-refractivity contribution in [2.75, 3.05) is 19.6 Å². The van der Waals surface area contributed by atoms with Crippen molar-refractivity contribution in [3.8, 4) is 5.75 Å². The number of carbonyl (C=O) groups excluding carboxylic acids is 4. The molecule has 0 spiro atoms. The van der Waals surface area contributed by atoms with Crippen LogP contribution in [0.2, 0.25) is 25.1 Å². The quantitative estimate of drug-likeness (QED) is 0.0891. The van der Waals surface area contributed by atoms with Gasteiger partial charge in [0.1, 0.15) is 29.2 Å². The minimum Gasteiger partial charge on any atom is -0.444 e. The number of halogens is 5. The molecule has 2 aromatic rings. The molecule has 10 nitrogen and oxygen atoms in total. The summed E-state index contributed by atoms with van der Waals surface area (Å²) in [5.74, 6) is -2.71. The number of esters is 1. The van der Waals surface area contributed by atoms with Gasteiger partial charge in [0.2, 0.25) is 11.8 Å². The number of unbranched alkanes of at least 4 members (excludes halogenated alkanes) is 1. The Morgan fingerprint density at radius 1 is 0.976 bits per heavy atom. The third kappa shape index (κ3) is 8.86. The van der Waals surface area contributed by atoms with Crippen molar-refractivity contribution in [2.24, 2.45) is 5.73 Å². The SMILES string of the molecule is NCCCCC(C(=O)NCC(=O)Oc1c(Cl)c(Cl)c(Cl)c(Cl)c1Cl)N(C(=O)OCc1ccccc1)C(=O)C1CCCN1. The van der Waals surface area contributed by atoms with E-state index in [-0.39, 0.29) is 43.9 Å². The molecule has 2 unspecified atom stereocenters. The predicted molar refractivity (Wildman–Crippen MR) is 161 cm³/mol. The van der Waals surface area contributed by atoms with E-state index in [4.69, 9.17) is 73.2 Å². The van der Waals surface area contributed by atoms with Crippen molar-refractivity contribution in [1.29, 1.82) is 0 Å². The van der Waals surface area contributed by atoms with Gasteiger partial charge in [-0.05, 0) is 50.8 Å². The van der Waals surface area contributed by atoms with Gasteiger partial charge in [0.05, 0.1) is 21.1 Å². The average Bonchev–Trinajstić information content (AvgIpc) is 3.54. The zero-order valence-electron chi connectivity index (χ0n) is 22.3. The van der Waals surface area contributed by atoms with E-state index in [0.717, 1.165) is 11.3 Å². The average molecular weight is 683 g/mol. The lowest BCUT2D eigenvalue weighted by Gasteiger charge is -2.30. The number of amides is 3. The fraction of sp³-hybridized carbons (Fsp3) is 0.407. The highest BCUT2D eigenvalue weighted by Crippen LogP contribution is 2.48. The van der Waals surface area contributed by atoms with Crippen molar-refractivity contribution in [1.82, 2.24) is 15.5 Å². The second-order valence-electron chi connectivity index (χ2n) is 9.29. The summed E-state index contributed by atoms with van der Waals surface area (Å²) in [5, 5.41) is 4.48. The van der Waals surface area contributed by atoms with E-state index in [1.54, 1.807) is 24.3 Å². The number of imide groups is 1. The molecule has 15 heteroatoms. The zero-order chi connectivity index (χ0) is 30.8. The molecule has 1 aliphatic heterocycles. The minimum absolute atomic E-state index is 0.0804. The van der Waals surface area contributed by atoms with Gasteiger partial charge in [0.25, 0.3) is 0 Å². The summed E-state index contributed by atoms with van der Waals surface area (Å²) in [4.78, 5) is 53.8. The first kappa shape index (κ1) is 34.2. The fourth-order valence-electron chi connectivity index (χ4n) is 4.18. The lowest BCUT2D eigenvalue weighted by molar-refractivity contribution is -0.141. The molecule has 2 aromatic carbocycles. The van der Waals surface area contributed by atoms with Crippen LogP contribution in [0.4, 0.5) is 4.79 Å². The molecule has 2 atom stereocenters. The van der Waals surface area contributed by atoms with Crippen LogP contribution >= 0.6 is 58.0 Å². The van der Waals surface area contributed by atoms with Gasteiger partial charge in [-0.2, -0.15) is 0 Å². The second kappa shape index (κ2) is 16.5. The number of carbonyl (C=O) groups is 4. The number of nitrogens with one attached hydrogen (secondary N) is 2. The van der Waals surface area contributed by atoms with Crippen molar-refractivity contribution in [2.45, 2.75) is 50.8 Å². The van der Waals surface area contributed by atoms with Gasteiger partial charge in [-0.25, -0.2) is 14.5 Å². The highest BCUT2D eigenvalue weighted by atomic mass is 35.5. The highest BCUT2D eigenvalue weighted by molar-refractivity contribution is 6.55. The summed E-state index contributed by atoms with van der Waals surface area (Å²) in [7, 11) is 0. The molecular formula is C27H29Cl5N4O6. The molecule has 42 heavy (non-hydrogen) atoms. The zero-order valence-corrected chi connectivity index (χ0v) is 26.0. The fourth-order valence-corrected chi connectivity index (χ4v) is 5.38. The number of nitrogens with zero attached hydrogens (tertiary/aromatic N) is 1. The van der Waals surface area contributed by atoms with Gasteiger partial charge in [-0.3, -0.25) is 9.59 Å². The Balaban J connectivity index is 1.79. The summed E-state index contributed by atoms with van der Waals surface area (Å²) >= 11 is 30.2. The standard InChI is InChI=1S/C27H29Cl5N4O6/c28-19-20(29)22(31)24(23(32)21(19)30)42-18(37)13-35-25(38)17(10-4-5-11-33)36(26(39)16-9-6-12-34-16)27(40)41-14-15-7-2-1-3-8-15/h1-3,7-8,16-17,34H,4-6,9-14,33H2,(H,35,38). The Morgan fingerprint density at radius 3 is 2.21 bits per heavy atom. The number of hydrogen-bond acceptors (Lipinski definition) is 8. The second-order valence-corrected chi connectivity index (χ2v) is 11.2. The van der Waals surface area contributed by atoms with Crippen LogP contribution in [0.15, 0.2) is 30.3 Å². The van der Waals surface area contributed by atoms with Crippen LogP contribution in [-0.2, 0) is 25.7 Å².